The summed E-state index contributed by atoms with van der Waals surface area (Å²) in [6.07, 6.45) is 0. The number of primary amides is 1. The van der Waals surface area contributed by atoms with Crippen molar-refractivity contribution >= 4 is 29.8 Å². The van der Waals surface area contributed by atoms with Gasteiger partial charge in [0.2, 0.25) is 0 Å². The number of nitrogens with two attached hydrogens (primary N) is 1. The van der Waals surface area contributed by atoms with Crippen molar-refractivity contribution in [2.75, 3.05) is 12.4 Å². The number of aromatic nitrogens is 5. The summed E-state index contributed by atoms with van der Waals surface area (Å²) in [7, 11) is -0.0976. The molecule has 0 spiro atoms. The van der Waals surface area contributed by atoms with Crippen LogP contribution < -0.4 is 21.3 Å². The Morgan fingerprint density at radius 2 is 2.00 bits per heavy atom. The van der Waals surface area contributed by atoms with Crippen molar-refractivity contribution in [3.63, 3.8) is 0 Å². The zero-order valence-electron chi connectivity index (χ0n) is 17.4. The van der Waals surface area contributed by atoms with Gasteiger partial charge < -0.3 is 25.8 Å². The normalized spacial score (nSPS) is 10.9. The number of benzene rings is 1. The Kier molecular flexibility index (Phi) is 5.71. The number of nitrogens with zero attached hydrogens (tertiary/aromatic N) is 5. The molecule has 0 fully saturated rings. The van der Waals surface area contributed by atoms with Crippen molar-refractivity contribution in [3.8, 4) is 17.3 Å². The maximum absolute atomic E-state index is 11.8. The molecule has 1 aromatic carbocycles. The van der Waals surface area contributed by atoms with E-state index in [0.29, 0.717) is 40.4 Å². The van der Waals surface area contributed by atoms with Crippen LogP contribution in [0.2, 0.25) is 0 Å². The molecule has 0 aliphatic carbocycles. The van der Waals surface area contributed by atoms with Crippen LogP contribution in [-0.2, 0) is 6.54 Å². The van der Waals surface area contributed by atoms with E-state index in [0.717, 1.165) is 5.56 Å². The van der Waals surface area contributed by atoms with Gasteiger partial charge in [-0.1, -0.05) is 30.3 Å². The fraction of sp³-hybridized carbons (Fsp3) is 0.150. The third-order valence-electron chi connectivity index (χ3n) is 4.87. The molecule has 0 saturated carbocycles. The van der Waals surface area contributed by atoms with Gasteiger partial charge in [-0.3, -0.25) is 4.79 Å². The molecule has 3 aromatic heterocycles. The summed E-state index contributed by atoms with van der Waals surface area (Å²) in [5.41, 5.74) is 8.70. The van der Waals surface area contributed by atoms with Crippen LogP contribution in [-0.4, -0.2) is 55.0 Å². The first kappa shape index (κ1) is 21.2. The highest BCUT2D eigenvalue weighted by molar-refractivity contribution is 6.58. The van der Waals surface area contributed by atoms with Crippen LogP contribution in [0.5, 0.6) is 5.88 Å². The molecule has 162 valence electrons. The number of methoxy groups -OCH3 is 1. The van der Waals surface area contributed by atoms with Gasteiger partial charge in [0.15, 0.2) is 11.6 Å². The van der Waals surface area contributed by atoms with E-state index in [-0.39, 0.29) is 11.6 Å². The molecule has 0 atom stereocenters. The highest BCUT2D eigenvalue weighted by Crippen LogP contribution is 2.29. The van der Waals surface area contributed by atoms with Crippen molar-refractivity contribution in [3.05, 3.63) is 59.4 Å². The van der Waals surface area contributed by atoms with Crippen molar-refractivity contribution < 1.29 is 19.6 Å². The number of pyridine rings is 1. The number of anilines is 1. The number of hydrogen-bond donors (Lipinski definition) is 4. The van der Waals surface area contributed by atoms with E-state index in [2.05, 4.69) is 25.6 Å². The first-order valence-corrected chi connectivity index (χ1v) is 9.65. The molecule has 0 aliphatic heterocycles. The van der Waals surface area contributed by atoms with Gasteiger partial charge in [0, 0.05) is 6.54 Å². The van der Waals surface area contributed by atoms with Crippen molar-refractivity contribution in [2.24, 2.45) is 5.73 Å². The maximum atomic E-state index is 11.8. The van der Waals surface area contributed by atoms with Crippen molar-refractivity contribution in [2.45, 2.75) is 13.5 Å². The lowest BCUT2D eigenvalue weighted by atomic mass is 9.80. The number of rotatable bonds is 7. The van der Waals surface area contributed by atoms with Gasteiger partial charge in [-0.05, 0) is 30.1 Å². The second kappa shape index (κ2) is 8.61. The first-order valence-electron chi connectivity index (χ1n) is 9.65. The van der Waals surface area contributed by atoms with Gasteiger partial charge in [-0.15, -0.1) is 10.2 Å². The minimum absolute atomic E-state index is 0.194. The highest BCUT2D eigenvalue weighted by atomic mass is 16.5. The van der Waals surface area contributed by atoms with Gasteiger partial charge >= 0.3 is 7.12 Å². The topological polar surface area (TPSA) is 161 Å². The number of fused-ring (bicyclic) bond motifs is 1. The van der Waals surface area contributed by atoms with E-state index in [1.165, 1.54) is 11.6 Å². The summed E-state index contributed by atoms with van der Waals surface area (Å²) in [5.74, 6) is 0.231. The fourth-order valence-corrected chi connectivity index (χ4v) is 3.37. The van der Waals surface area contributed by atoms with E-state index in [4.69, 9.17) is 10.5 Å². The van der Waals surface area contributed by atoms with Crippen LogP contribution in [0.15, 0.2) is 42.5 Å². The van der Waals surface area contributed by atoms with Crippen LogP contribution in [0.3, 0.4) is 0 Å². The lowest BCUT2D eigenvalue weighted by Crippen LogP contribution is -2.30. The third-order valence-corrected chi connectivity index (χ3v) is 4.87. The number of nitrogens with one attached hydrogen (secondary N) is 1. The van der Waals surface area contributed by atoms with E-state index in [1.807, 2.05) is 6.07 Å². The number of ether oxygens (including phenoxy) is 1. The molecule has 4 rings (SSSR count). The average Bonchev–Trinajstić information content (AvgIpc) is 3.13. The van der Waals surface area contributed by atoms with Crippen molar-refractivity contribution in [1.82, 2.24) is 24.8 Å². The molecule has 3 heterocycles. The Morgan fingerprint density at radius 3 is 2.72 bits per heavy atom. The summed E-state index contributed by atoms with van der Waals surface area (Å²) in [6, 6.07) is 11.9. The lowest BCUT2D eigenvalue weighted by molar-refractivity contribution is 0.0993. The average molecular weight is 433 g/mol. The molecule has 0 saturated heterocycles. The largest absolute Gasteiger partial charge is 0.488 e. The predicted octanol–water partition coefficient (Wildman–Crippen LogP) is -0.106. The Balaban J connectivity index is 1.72. The van der Waals surface area contributed by atoms with E-state index in [1.54, 1.807) is 43.3 Å². The summed E-state index contributed by atoms with van der Waals surface area (Å²) in [4.78, 5) is 16.3. The van der Waals surface area contributed by atoms with Crippen LogP contribution >= 0.6 is 0 Å². The number of carbonyl (C=O) groups excluding carboxylic acids is 1. The standard InChI is InChI=1S/C20H20BN7O4/c1-11-16(14-7-4-8-15(17(22)29)28(14)27-11)18-24-19(20(32-2)26-25-18)23-10-12-5-3-6-13(9-12)21(30)31/h3-9,30-31H,10H2,1-2H3,(H2,22,29)(H,23,24,25). The van der Waals surface area contributed by atoms with Gasteiger partial charge in [0.05, 0.1) is 23.9 Å². The molecule has 0 bridgehead atoms. The lowest BCUT2D eigenvalue weighted by Gasteiger charge is -2.11. The Labute approximate surface area is 183 Å². The second-order valence-electron chi connectivity index (χ2n) is 7.00. The molecule has 0 radical (unpaired) electrons. The molecule has 0 unspecified atom stereocenters. The summed E-state index contributed by atoms with van der Waals surface area (Å²) in [6.45, 7) is 2.11. The Morgan fingerprint density at radius 1 is 1.22 bits per heavy atom. The number of aryl methyl sites for hydroxylation is 1. The molecule has 0 aliphatic rings. The second-order valence-corrected chi connectivity index (χ2v) is 7.00. The van der Waals surface area contributed by atoms with Gasteiger partial charge in [0.25, 0.3) is 11.8 Å². The van der Waals surface area contributed by atoms with Crippen molar-refractivity contribution in [1.29, 1.82) is 0 Å². The molecule has 4 aromatic rings. The van der Waals surface area contributed by atoms with Crippen LogP contribution in [0.1, 0.15) is 21.7 Å². The predicted molar refractivity (Wildman–Crippen MR) is 117 cm³/mol. The van der Waals surface area contributed by atoms with Gasteiger partial charge in [0.1, 0.15) is 5.69 Å². The molecule has 1 amide bonds. The maximum Gasteiger partial charge on any atom is 0.488 e. The van der Waals surface area contributed by atoms with Crippen LogP contribution in [0, 0.1) is 6.92 Å². The van der Waals surface area contributed by atoms with Crippen LogP contribution in [0.4, 0.5) is 5.82 Å². The minimum atomic E-state index is -1.55. The first-order chi connectivity index (χ1) is 15.4. The monoisotopic (exact) mass is 433 g/mol. The quantitative estimate of drug-likeness (QED) is 0.292. The molecular weight excluding hydrogens is 413 g/mol. The highest BCUT2D eigenvalue weighted by Gasteiger charge is 2.20. The Hall–Kier alpha value is -4.03. The number of hydrogen-bond acceptors (Lipinski definition) is 9. The van der Waals surface area contributed by atoms with Crippen LogP contribution in [0.25, 0.3) is 16.9 Å². The SMILES string of the molecule is COc1nnc(-c2c(C)nn3c(C(N)=O)cccc23)nc1NCc1cccc(B(O)O)c1. The summed E-state index contributed by atoms with van der Waals surface area (Å²) in [5, 5.41) is 34.6. The molecular formula is C20H20BN7O4. The zero-order valence-corrected chi connectivity index (χ0v) is 17.4. The summed E-state index contributed by atoms with van der Waals surface area (Å²) >= 11 is 0. The van der Waals surface area contributed by atoms with E-state index < -0.39 is 13.0 Å². The van der Waals surface area contributed by atoms with E-state index in [9.17, 15) is 14.8 Å². The summed E-state index contributed by atoms with van der Waals surface area (Å²) < 4.78 is 6.73. The Bertz CT molecular complexity index is 1310. The molecule has 32 heavy (non-hydrogen) atoms. The van der Waals surface area contributed by atoms with Gasteiger partial charge in [-0.2, -0.15) is 5.10 Å². The van der Waals surface area contributed by atoms with Gasteiger partial charge in [-0.25, -0.2) is 9.50 Å². The number of carbonyl (C=O) groups is 1. The fourth-order valence-electron chi connectivity index (χ4n) is 3.37. The zero-order chi connectivity index (χ0) is 22.8. The number of amides is 1. The smallest absolute Gasteiger partial charge is 0.477 e. The molecule has 5 N–H and O–H groups in total. The van der Waals surface area contributed by atoms with E-state index >= 15 is 0 Å². The minimum Gasteiger partial charge on any atom is -0.477 e. The molecule has 12 heteroatoms. The third kappa shape index (κ3) is 3.96. The molecule has 11 nitrogen and oxygen atoms in total.